The number of nitrogens with zero attached hydrogens (tertiary/aromatic N) is 4. The molecule has 0 spiro atoms. The molecular formula is C17H30N4O. The molecule has 1 heterocycles. The number of nitriles is 1. The number of amides is 1. The first kappa shape index (κ1) is 17.2. The molecule has 2 rings (SSSR count). The minimum absolute atomic E-state index is 0.0316. The van der Waals surface area contributed by atoms with E-state index in [1.807, 2.05) is 4.90 Å². The molecule has 0 unspecified atom stereocenters. The Morgan fingerprint density at radius 1 is 1.18 bits per heavy atom. The van der Waals surface area contributed by atoms with Gasteiger partial charge in [-0.05, 0) is 32.6 Å². The molecule has 2 fully saturated rings. The number of rotatable bonds is 6. The Labute approximate surface area is 134 Å². The van der Waals surface area contributed by atoms with E-state index in [-0.39, 0.29) is 11.9 Å². The lowest BCUT2D eigenvalue weighted by Crippen LogP contribution is -2.54. The van der Waals surface area contributed by atoms with Crippen molar-refractivity contribution in [1.29, 1.82) is 5.26 Å². The Bertz CT molecular complexity index is 415. The van der Waals surface area contributed by atoms with E-state index in [1.165, 1.54) is 12.8 Å². The maximum Gasteiger partial charge on any atom is 0.236 e. The molecule has 0 aromatic heterocycles. The quantitative estimate of drug-likeness (QED) is 0.747. The lowest BCUT2D eigenvalue weighted by molar-refractivity contribution is -0.135. The van der Waals surface area contributed by atoms with Gasteiger partial charge in [0, 0.05) is 38.3 Å². The first-order valence-corrected chi connectivity index (χ1v) is 8.61. The van der Waals surface area contributed by atoms with Gasteiger partial charge < -0.3 is 4.90 Å². The Morgan fingerprint density at radius 3 is 2.18 bits per heavy atom. The fourth-order valence-corrected chi connectivity index (χ4v) is 3.30. The maximum atomic E-state index is 12.5. The molecule has 1 saturated carbocycles. The summed E-state index contributed by atoms with van der Waals surface area (Å²) in [6, 6.07) is 3.42. The standard InChI is InChI=1S/C17H30N4O/c1-13(2)16(11-18)19-7-9-20(10-8-19)17(22)12-21(14(3)4)15-5-6-15/h13-16H,5-10,12H2,1-4H3/t16-/m0/s1. The second-order valence-corrected chi connectivity index (χ2v) is 7.23. The van der Waals surface area contributed by atoms with Gasteiger partial charge in [-0.15, -0.1) is 0 Å². The van der Waals surface area contributed by atoms with Crippen LogP contribution in [0.25, 0.3) is 0 Å². The molecule has 1 aliphatic heterocycles. The van der Waals surface area contributed by atoms with Crippen molar-refractivity contribution < 1.29 is 4.79 Å². The Morgan fingerprint density at radius 2 is 1.77 bits per heavy atom. The van der Waals surface area contributed by atoms with E-state index in [4.69, 9.17) is 0 Å². The van der Waals surface area contributed by atoms with Crippen LogP contribution in [-0.4, -0.2) is 71.5 Å². The smallest absolute Gasteiger partial charge is 0.236 e. The van der Waals surface area contributed by atoms with Crippen molar-refractivity contribution in [3.8, 4) is 6.07 Å². The predicted octanol–water partition coefficient (Wildman–Crippen LogP) is 1.55. The Balaban J connectivity index is 1.83. The molecule has 2 aliphatic rings. The van der Waals surface area contributed by atoms with Crippen molar-refractivity contribution in [3.05, 3.63) is 0 Å². The summed E-state index contributed by atoms with van der Waals surface area (Å²) >= 11 is 0. The van der Waals surface area contributed by atoms with E-state index < -0.39 is 0 Å². The monoisotopic (exact) mass is 306 g/mol. The molecule has 5 heteroatoms. The molecule has 0 aromatic carbocycles. The van der Waals surface area contributed by atoms with E-state index in [2.05, 4.69) is 43.6 Å². The van der Waals surface area contributed by atoms with Gasteiger partial charge >= 0.3 is 0 Å². The Kier molecular flexibility index (Phi) is 5.82. The number of hydrogen-bond acceptors (Lipinski definition) is 4. The van der Waals surface area contributed by atoms with E-state index in [0.29, 0.717) is 24.5 Å². The predicted molar refractivity (Wildman–Crippen MR) is 87.3 cm³/mol. The number of carbonyl (C=O) groups excluding carboxylic acids is 1. The van der Waals surface area contributed by atoms with Crippen LogP contribution < -0.4 is 0 Å². The van der Waals surface area contributed by atoms with Crippen molar-refractivity contribution in [2.45, 2.75) is 58.7 Å². The lowest BCUT2D eigenvalue weighted by Gasteiger charge is -2.39. The van der Waals surface area contributed by atoms with Gasteiger partial charge in [0.15, 0.2) is 0 Å². The van der Waals surface area contributed by atoms with Crippen LogP contribution in [0.5, 0.6) is 0 Å². The summed E-state index contributed by atoms with van der Waals surface area (Å²) in [4.78, 5) is 19.1. The van der Waals surface area contributed by atoms with Crippen LogP contribution in [0.15, 0.2) is 0 Å². The molecule has 1 saturated heterocycles. The lowest BCUT2D eigenvalue weighted by atomic mass is 10.0. The van der Waals surface area contributed by atoms with Gasteiger partial charge in [0.25, 0.3) is 0 Å². The zero-order valence-electron chi connectivity index (χ0n) is 14.5. The van der Waals surface area contributed by atoms with Crippen LogP contribution in [0, 0.1) is 17.2 Å². The third-order valence-electron chi connectivity index (χ3n) is 4.82. The zero-order chi connectivity index (χ0) is 16.3. The highest BCUT2D eigenvalue weighted by atomic mass is 16.2. The third kappa shape index (κ3) is 4.21. The number of carbonyl (C=O) groups is 1. The molecule has 1 atom stereocenters. The van der Waals surface area contributed by atoms with Gasteiger partial charge in [-0.2, -0.15) is 5.26 Å². The van der Waals surface area contributed by atoms with Crippen molar-refractivity contribution >= 4 is 5.91 Å². The SMILES string of the molecule is CC(C)[C@H](C#N)N1CCN(C(=O)CN(C(C)C)C2CC2)CC1. The second kappa shape index (κ2) is 7.43. The first-order chi connectivity index (χ1) is 10.4. The van der Waals surface area contributed by atoms with Crippen molar-refractivity contribution in [2.24, 2.45) is 5.92 Å². The highest BCUT2D eigenvalue weighted by Gasteiger charge is 2.34. The van der Waals surface area contributed by atoms with Crippen LogP contribution in [0.3, 0.4) is 0 Å². The van der Waals surface area contributed by atoms with Crippen molar-refractivity contribution in [2.75, 3.05) is 32.7 Å². The minimum atomic E-state index is -0.0316. The molecule has 0 N–H and O–H groups in total. The average molecular weight is 306 g/mol. The summed E-state index contributed by atoms with van der Waals surface area (Å²) in [5.41, 5.74) is 0. The van der Waals surface area contributed by atoms with Crippen LogP contribution in [0.1, 0.15) is 40.5 Å². The first-order valence-electron chi connectivity index (χ1n) is 8.61. The van der Waals surface area contributed by atoms with Gasteiger partial charge in [0.2, 0.25) is 5.91 Å². The molecule has 0 aromatic rings. The second-order valence-electron chi connectivity index (χ2n) is 7.23. The highest BCUT2D eigenvalue weighted by Crippen LogP contribution is 2.28. The van der Waals surface area contributed by atoms with Gasteiger partial charge in [0.1, 0.15) is 6.04 Å². The molecule has 0 radical (unpaired) electrons. The van der Waals surface area contributed by atoms with Gasteiger partial charge in [-0.1, -0.05) is 13.8 Å². The van der Waals surface area contributed by atoms with Crippen LogP contribution in [-0.2, 0) is 4.79 Å². The normalized spacial score (nSPS) is 21.5. The molecule has 1 aliphatic carbocycles. The van der Waals surface area contributed by atoms with E-state index in [9.17, 15) is 10.1 Å². The van der Waals surface area contributed by atoms with E-state index in [1.54, 1.807) is 0 Å². The summed E-state index contributed by atoms with van der Waals surface area (Å²) < 4.78 is 0. The summed E-state index contributed by atoms with van der Waals surface area (Å²) in [5, 5.41) is 9.29. The molecule has 22 heavy (non-hydrogen) atoms. The summed E-state index contributed by atoms with van der Waals surface area (Å²) in [7, 11) is 0. The Hall–Kier alpha value is -1.12. The largest absolute Gasteiger partial charge is 0.339 e. The van der Waals surface area contributed by atoms with E-state index >= 15 is 0 Å². The third-order valence-corrected chi connectivity index (χ3v) is 4.82. The van der Waals surface area contributed by atoms with Gasteiger partial charge in [-0.3, -0.25) is 14.6 Å². The topological polar surface area (TPSA) is 50.6 Å². The number of hydrogen-bond donors (Lipinski definition) is 0. The van der Waals surface area contributed by atoms with E-state index in [0.717, 1.165) is 26.2 Å². The fourth-order valence-electron chi connectivity index (χ4n) is 3.30. The van der Waals surface area contributed by atoms with Crippen molar-refractivity contribution in [3.63, 3.8) is 0 Å². The fraction of sp³-hybridized carbons (Fsp3) is 0.882. The maximum absolute atomic E-state index is 12.5. The van der Waals surface area contributed by atoms with Crippen LogP contribution >= 0.6 is 0 Å². The highest BCUT2D eigenvalue weighted by molar-refractivity contribution is 5.78. The van der Waals surface area contributed by atoms with Gasteiger partial charge in [-0.25, -0.2) is 0 Å². The van der Waals surface area contributed by atoms with Crippen LogP contribution in [0.4, 0.5) is 0 Å². The molecule has 1 amide bonds. The zero-order valence-corrected chi connectivity index (χ0v) is 14.5. The minimum Gasteiger partial charge on any atom is -0.339 e. The molecule has 5 nitrogen and oxygen atoms in total. The summed E-state index contributed by atoms with van der Waals surface area (Å²) in [6.45, 7) is 12.2. The average Bonchev–Trinajstić information content (AvgIpc) is 3.29. The summed E-state index contributed by atoms with van der Waals surface area (Å²) in [6.07, 6.45) is 2.47. The van der Waals surface area contributed by atoms with Gasteiger partial charge in [0.05, 0.1) is 12.6 Å². The molecule has 0 bridgehead atoms. The van der Waals surface area contributed by atoms with Crippen molar-refractivity contribution in [1.82, 2.24) is 14.7 Å². The van der Waals surface area contributed by atoms with Crippen LogP contribution in [0.2, 0.25) is 0 Å². The molecule has 124 valence electrons. The number of piperazine rings is 1. The molecular weight excluding hydrogens is 276 g/mol. The summed E-state index contributed by atoms with van der Waals surface area (Å²) in [5.74, 6) is 0.580.